The lowest BCUT2D eigenvalue weighted by Gasteiger charge is -2.23. The molecule has 120 valence electrons. The van der Waals surface area contributed by atoms with E-state index in [0.717, 1.165) is 24.6 Å². The maximum Gasteiger partial charge on any atom is 0.191 e. The Hall–Kier alpha value is -1.52. The zero-order valence-corrected chi connectivity index (χ0v) is 14.4. The molecule has 1 heterocycles. The number of nitrogens with zero attached hydrogens (tertiary/aromatic N) is 3. The maximum absolute atomic E-state index is 4.63. The Kier molecular flexibility index (Phi) is 6.72. The van der Waals surface area contributed by atoms with E-state index in [9.17, 15) is 0 Å². The second-order valence-corrected chi connectivity index (χ2v) is 6.79. The SMILES string of the molecule is CCNC(=NCc1ccnn1C)NC(C)CCC(C)(C)C. The van der Waals surface area contributed by atoms with Gasteiger partial charge in [-0.25, -0.2) is 4.99 Å². The fraction of sp³-hybridized carbons (Fsp3) is 0.750. The molecule has 0 aliphatic heterocycles. The van der Waals surface area contributed by atoms with Crippen LogP contribution in [-0.2, 0) is 13.6 Å². The normalized spacial score (nSPS) is 14.1. The highest BCUT2D eigenvalue weighted by Crippen LogP contribution is 2.21. The smallest absolute Gasteiger partial charge is 0.191 e. The van der Waals surface area contributed by atoms with Crippen molar-refractivity contribution < 1.29 is 0 Å². The molecule has 1 aromatic rings. The molecule has 0 amide bonds. The lowest BCUT2D eigenvalue weighted by atomic mass is 9.89. The predicted octanol–water partition coefficient (Wildman–Crippen LogP) is 2.69. The van der Waals surface area contributed by atoms with Gasteiger partial charge in [-0.15, -0.1) is 0 Å². The molecule has 2 N–H and O–H groups in total. The van der Waals surface area contributed by atoms with Crippen LogP contribution in [-0.4, -0.2) is 28.3 Å². The first-order valence-electron chi connectivity index (χ1n) is 7.83. The lowest BCUT2D eigenvalue weighted by Crippen LogP contribution is -2.42. The van der Waals surface area contributed by atoms with Crippen LogP contribution in [0, 0.1) is 5.41 Å². The molecule has 0 aliphatic rings. The molecule has 1 atom stereocenters. The third-order valence-corrected chi connectivity index (χ3v) is 3.38. The minimum atomic E-state index is 0.375. The number of guanidine groups is 1. The van der Waals surface area contributed by atoms with Crippen molar-refractivity contribution in [3.8, 4) is 0 Å². The van der Waals surface area contributed by atoms with Crippen LogP contribution in [0.4, 0.5) is 0 Å². The number of hydrogen-bond donors (Lipinski definition) is 2. The molecule has 0 fully saturated rings. The van der Waals surface area contributed by atoms with E-state index < -0.39 is 0 Å². The van der Waals surface area contributed by atoms with Crippen LogP contribution in [0.2, 0.25) is 0 Å². The number of aliphatic imine (C=N–C) groups is 1. The average Bonchev–Trinajstić information content (AvgIpc) is 2.79. The summed E-state index contributed by atoms with van der Waals surface area (Å²) in [6.07, 6.45) is 4.14. The number of rotatable bonds is 6. The maximum atomic E-state index is 4.63. The minimum Gasteiger partial charge on any atom is -0.357 e. The van der Waals surface area contributed by atoms with E-state index in [1.54, 1.807) is 6.20 Å². The van der Waals surface area contributed by atoms with E-state index in [0.29, 0.717) is 18.0 Å². The largest absolute Gasteiger partial charge is 0.357 e. The van der Waals surface area contributed by atoms with Crippen LogP contribution >= 0.6 is 0 Å². The molecule has 0 saturated carbocycles. The summed E-state index contributed by atoms with van der Waals surface area (Å²) in [4.78, 5) is 4.63. The molecule has 0 aliphatic carbocycles. The van der Waals surface area contributed by atoms with Gasteiger partial charge in [0.15, 0.2) is 5.96 Å². The summed E-state index contributed by atoms with van der Waals surface area (Å²) in [6, 6.07) is 2.41. The first-order valence-corrected chi connectivity index (χ1v) is 7.83. The van der Waals surface area contributed by atoms with Crippen molar-refractivity contribution in [2.75, 3.05) is 6.54 Å². The fourth-order valence-electron chi connectivity index (χ4n) is 1.99. The van der Waals surface area contributed by atoms with E-state index in [2.05, 4.69) is 55.3 Å². The zero-order valence-electron chi connectivity index (χ0n) is 14.4. The van der Waals surface area contributed by atoms with Crippen molar-refractivity contribution in [3.05, 3.63) is 18.0 Å². The van der Waals surface area contributed by atoms with Crippen molar-refractivity contribution in [3.63, 3.8) is 0 Å². The van der Waals surface area contributed by atoms with Gasteiger partial charge in [0.2, 0.25) is 0 Å². The van der Waals surface area contributed by atoms with E-state index in [1.165, 1.54) is 6.42 Å². The fourth-order valence-corrected chi connectivity index (χ4v) is 1.99. The van der Waals surface area contributed by atoms with Gasteiger partial charge < -0.3 is 10.6 Å². The van der Waals surface area contributed by atoms with E-state index in [-0.39, 0.29) is 0 Å². The van der Waals surface area contributed by atoms with E-state index >= 15 is 0 Å². The minimum absolute atomic E-state index is 0.375. The van der Waals surface area contributed by atoms with Crippen molar-refractivity contribution >= 4 is 5.96 Å². The molecule has 1 aromatic heterocycles. The van der Waals surface area contributed by atoms with Crippen molar-refractivity contribution in [1.29, 1.82) is 0 Å². The molecule has 1 unspecified atom stereocenters. The molecular weight excluding hydrogens is 262 g/mol. The highest BCUT2D eigenvalue weighted by atomic mass is 15.3. The molecule has 0 spiro atoms. The second kappa shape index (κ2) is 8.05. The van der Waals surface area contributed by atoms with E-state index in [4.69, 9.17) is 0 Å². The highest BCUT2D eigenvalue weighted by molar-refractivity contribution is 5.80. The van der Waals surface area contributed by atoms with Gasteiger partial charge in [0.25, 0.3) is 0 Å². The summed E-state index contributed by atoms with van der Waals surface area (Å²) in [5.41, 5.74) is 1.48. The van der Waals surface area contributed by atoms with Gasteiger partial charge in [-0.3, -0.25) is 4.68 Å². The Balaban J connectivity index is 2.54. The molecule has 0 bridgehead atoms. The van der Waals surface area contributed by atoms with Gasteiger partial charge >= 0.3 is 0 Å². The summed E-state index contributed by atoms with van der Waals surface area (Å²) >= 11 is 0. The predicted molar refractivity (Wildman–Crippen MR) is 89.3 cm³/mol. The summed E-state index contributed by atoms with van der Waals surface area (Å²) in [5.74, 6) is 0.875. The van der Waals surface area contributed by atoms with Gasteiger partial charge in [0.05, 0.1) is 12.2 Å². The van der Waals surface area contributed by atoms with Gasteiger partial charge in [0.1, 0.15) is 0 Å². The number of aromatic nitrogens is 2. The Labute approximate surface area is 129 Å². The Morgan fingerprint density at radius 3 is 2.67 bits per heavy atom. The highest BCUT2D eigenvalue weighted by Gasteiger charge is 2.13. The Morgan fingerprint density at radius 2 is 2.14 bits per heavy atom. The number of nitrogens with one attached hydrogen (secondary N) is 2. The van der Waals surface area contributed by atoms with Crippen LogP contribution in [0.3, 0.4) is 0 Å². The second-order valence-electron chi connectivity index (χ2n) is 6.79. The molecule has 0 aromatic carbocycles. The van der Waals surface area contributed by atoms with Gasteiger partial charge in [-0.05, 0) is 38.2 Å². The summed E-state index contributed by atoms with van der Waals surface area (Å²) in [5, 5.41) is 10.9. The van der Waals surface area contributed by atoms with E-state index in [1.807, 2.05) is 17.8 Å². The van der Waals surface area contributed by atoms with Gasteiger partial charge in [-0.1, -0.05) is 20.8 Å². The number of aryl methyl sites for hydroxylation is 1. The first kappa shape index (κ1) is 17.5. The van der Waals surface area contributed by atoms with Crippen LogP contribution < -0.4 is 10.6 Å². The van der Waals surface area contributed by atoms with Crippen molar-refractivity contribution in [2.45, 2.75) is 60.0 Å². The molecule has 21 heavy (non-hydrogen) atoms. The molecule has 5 heteroatoms. The third-order valence-electron chi connectivity index (χ3n) is 3.38. The first-order chi connectivity index (χ1) is 9.81. The van der Waals surface area contributed by atoms with Crippen LogP contribution in [0.15, 0.2) is 17.3 Å². The Morgan fingerprint density at radius 1 is 1.43 bits per heavy atom. The topological polar surface area (TPSA) is 54.2 Å². The summed E-state index contributed by atoms with van der Waals surface area (Å²) < 4.78 is 1.86. The summed E-state index contributed by atoms with van der Waals surface area (Å²) in [7, 11) is 1.94. The van der Waals surface area contributed by atoms with Crippen molar-refractivity contribution in [1.82, 2.24) is 20.4 Å². The zero-order chi connectivity index (χ0) is 15.9. The molecule has 1 rings (SSSR count). The monoisotopic (exact) mass is 293 g/mol. The quantitative estimate of drug-likeness (QED) is 0.626. The van der Waals surface area contributed by atoms with Crippen LogP contribution in [0.5, 0.6) is 0 Å². The Bertz CT molecular complexity index is 442. The molecule has 5 nitrogen and oxygen atoms in total. The standard InChI is InChI=1S/C16H31N5/c1-7-17-15(18-12-14-9-11-19-21(14)6)20-13(2)8-10-16(3,4)5/h9,11,13H,7-8,10,12H2,1-6H3,(H2,17,18,20). The number of hydrogen-bond acceptors (Lipinski definition) is 2. The summed E-state index contributed by atoms with van der Waals surface area (Å²) in [6.45, 7) is 12.6. The van der Waals surface area contributed by atoms with Gasteiger partial charge in [-0.2, -0.15) is 5.10 Å². The van der Waals surface area contributed by atoms with Crippen LogP contribution in [0.1, 0.15) is 53.2 Å². The molecule has 0 saturated heterocycles. The van der Waals surface area contributed by atoms with Gasteiger partial charge in [0, 0.05) is 25.8 Å². The lowest BCUT2D eigenvalue weighted by molar-refractivity contribution is 0.346. The van der Waals surface area contributed by atoms with Crippen LogP contribution in [0.25, 0.3) is 0 Å². The third kappa shape index (κ3) is 7.16. The molecule has 0 radical (unpaired) electrons. The molecular formula is C16H31N5. The average molecular weight is 293 g/mol. The van der Waals surface area contributed by atoms with Crippen molar-refractivity contribution in [2.24, 2.45) is 17.5 Å².